The Bertz CT molecular complexity index is 602. The molecule has 1 heterocycles. The summed E-state index contributed by atoms with van der Waals surface area (Å²) in [7, 11) is 0. The lowest BCUT2D eigenvalue weighted by Gasteiger charge is -2.23. The summed E-state index contributed by atoms with van der Waals surface area (Å²) in [5.74, 6) is -1.23. The van der Waals surface area contributed by atoms with E-state index in [1.54, 1.807) is 11.8 Å². The Balaban J connectivity index is 2.07. The molecule has 1 aliphatic heterocycles. The normalized spacial score (nSPS) is 21.7. The van der Waals surface area contributed by atoms with Gasteiger partial charge in [-0.2, -0.15) is 0 Å². The molecule has 2 N–H and O–H groups in total. The predicted octanol–water partition coefficient (Wildman–Crippen LogP) is 1.58. The number of aliphatic carboxylic acids is 1. The Kier molecular flexibility index (Phi) is 5.03. The van der Waals surface area contributed by atoms with Crippen LogP contribution in [0.3, 0.4) is 0 Å². The van der Waals surface area contributed by atoms with Crippen molar-refractivity contribution in [3.63, 3.8) is 0 Å². The third-order valence-corrected chi connectivity index (χ3v) is 4.30. The molecule has 23 heavy (non-hydrogen) atoms. The zero-order chi connectivity index (χ0) is 17.0. The molecule has 6 nitrogen and oxygen atoms in total. The van der Waals surface area contributed by atoms with Crippen molar-refractivity contribution in [1.82, 2.24) is 10.2 Å². The molecule has 6 heteroatoms. The molecule has 1 aromatic rings. The fraction of sp³-hybridized carbons (Fsp3) is 0.471. The zero-order valence-electron chi connectivity index (χ0n) is 13.4. The molecule has 2 amide bonds. The van der Waals surface area contributed by atoms with E-state index in [9.17, 15) is 19.5 Å². The van der Waals surface area contributed by atoms with Crippen LogP contribution in [0.5, 0.6) is 0 Å². The number of carboxylic acid groups (broad SMARTS) is 1. The van der Waals surface area contributed by atoms with Gasteiger partial charge in [0.1, 0.15) is 0 Å². The Hall–Kier alpha value is -2.37. The van der Waals surface area contributed by atoms with Crippen molar-refractivity contribution < 1.29 is 19.5 Å². The van der Waals surface area contributed by atoms with E-state index in [2.05, 4.69) is 5.32 Å². The first-order chi connectivity index (χ1) is 10.8. The van der Waals surface area contributed by atoms with E-state index in [0.717, 1.165) is 5.56 Å². The lowest BCUT2D eigenvalue weighted by atomic mass is 9.90. The van der Waals surface area contributed by atoms with E-state index in [4.69, 9.17) is 0 Å². The zero-order valence-corrected chi connectivity index (χ0v) is 13.4. The SMILES string of the molecule is CC(=O)N[C@H](CC(=O)N1CC[C@](C)(C(=O)O)C1)c1ccccc1. The molecule has 0 unspecified atom stereocenters. The summed E-state index contributed by atoms with van der Waals surface area (Å²) < 4.78 is 0. The van der Waals surface area contributed by atoms with Crippen molar-refractivity contribution in [2.24, 2.45) is 5.41 Å². The number of hydrogen-bond acceptors (Lipinski definition) is 3. The van der Waals surface area contributed by atoms with Gasteiger partial charge >= 0.3 is 5.97 Å². The van der Waals surface area contributed by atoms with Gasteiger partial charge in [-0.15, -0.1) is 0 Å². The molecule has 0 radical (unpaired) electrons. The van der Waals surface area contributed by atoms with Gasteiger partial charge in [-0.05, 0) is 18.9 Å². The molecule has 1 saturated heterocycles. The van der Waals surface area contributed by atoms with E-state index in [0.29, 0.717) is 13.0 Å². The molecule has 0 aliphatic carbocycles. The van der Waals surface area contributed by atoms with Crippen molar-refractivity contribution in [2.75, 3.05) is 13.1 Å². The van der Waals surface area contributed by atoms with Crippen molar-refractivity contribution in [3.8, 4) is 0 Å². The molecule has 0 aromatic heterocycles. The van der Waals surface area contributed by atoms with Crippen LogP contribution in [0, 0.1) is 5.41 Å². The van der Waals surface area contributed by atoms with E-state index in [-0.39, 0.29) is 24.8 Å². The number of amides is 2. The average molecular weight is 318 g/mol. The Morgan fingerprint density at radius 1 is 1.30 bits per heavy atom. The summed E-state index contributed by atoms with van der Waals surface area (Å²) in [5.41, 5.74) is -0.0254. The van der Waals surface area contributed by atoms with Crippen molar-refractivity contribution in [1.29, 1.82) is 0 Å². The van der Waals surface area contributed by atoms with Crippen LogP contribution < -0.4 is 5.32 Å². The van der Waals surface area contributed by atoms with E-state index in [1.165, 1.54) is 6.92 Å². The Morgan fingerprint density at radius 3 is 2.48 bits per heavy atom. The highest BCUT2D eigenvalue weighted by molar-refractivity contribution is 5.82. The number of benzene rings is 1. The second-order valence-electron chi connectivity index (χ2n) is 6.30. The predicted molar refractivity (Wildman–Crippen MR) is 84.6 cm³/mol. The third-order valence-electron chi connectivity index (χ3n) is 4.30. The van der Waals surface area contributed by atoms with Crippen LogP contribution in [-0.4, -0.2) is 40.9 Å². The van der Waals surface area contributed by atoms with Crippen molar-refractivity contribution in [2.45, 2.75) is 32.7 Å². The molecule has 1 aliphatic rings. The summed E-state index contributed by atoms with van der Waals surface area (Å²) in [6, 6.07) is 8.89. The minimum absolute atomic E-state index is 0.124. The molecular weight excluding hydrogens is 296 g/mol. The largest absolute Gasteiger partial charge is 0.481 e. The smallest absolute Gasteiger partial charge is 0.311 e. The van der Waals surface area contributed by atoms with E-state index >= 15 is 0 Å². The molecule has 1 fully saturated rings. The molecule has 2 atom stereocenters. The maximum Gasteiger partial charge on any atom is 0.311 e. The fourth-order valence-electron chi connectivity index (χ4n) is 2.84. The van der Waals surface area contributed by atoms with Gasteiger partial charge in [0.2, 0.25) is 11.8 Å². The minimum atomic E-state index is -0.883. The number of nitrogens with zero attached hydrogens (tertiary/aromatic N) is 1. The number of carboxylic acids is 1. The van der Waals surface area contributed by atoms with Gasteiger partial charge in [0.25, 0.3) is 0 Å². The van der Waals surface area contributed by atoms with Gasteiger partial charge in [0.05, 0.1) is 17.9 Å². The first-order valence-corrected chi connectivity index (χ1v) is 7.65. The van der Waals surface area contributed by atoms with Crippen LogP contribution in [0.4, 0.5) is 0 Å². The van der Waals surface area contributed by atoms with Gasteiger partial charge in [0, 0.05) is 20.0 Å². The van der Waals surface area contributed by atoms with Gasteiger partial charge in [-0.3, -0.25) is 14.4 Å². The minimum Gasteiger partial charge on any atom is -0.481 e. The summed E-state index contributed by atoms with van der Waals surface area (Å²) in [6.45, 7) is 3.72. The van der Waals surface area contributed by atoms with Crippen molar-refractivity contribution >= 4 is 17.8 Å². The molecule has 0 saturated carbocycles. The number of carbonyl (C=O) groups excluding carboxylic acids is 2. The number of likely N-dealkylation sites (tertiary alicyclic amines) is 1. The second kappa shape index (κ2) is 6.81. The lowest BCUT2D eigenvalue weighted by molar-refractivity contribution is -0.147. The highest BCUT2D eigenvalue weighted by Crippen LogP contribution is 2.31. The first kappa shape index (κ1) is 17.0. The number of hydrogen-bond donors (Lipinski definition) is 2. The average Bonchev–Trinajstić information content (AvgIpc) is 2.91. The molecule has 2 rings (SSSR count). The van der Waals surface area contributed by atoms with Crippen LogP contribution in [0.15, 0.2) is 30.3 Å². The standard InChI is InChI=1S/C17H22N2O4/c1-12(20)18-14(13-6-4-3-5-7-13)10-15(21)19-9-8-17(2,11-19)16(22)23/h3-7,14H,8-11H2,1-2H3,(H,18,20)(H,22,23)/t14-,17+/m1/s1. The van der Waals surface area contributed by atoms with E-state index < -0.39 is 17.4 Å². The van der Waals surface area contributed by atoms with Crippen molar-refractivity contribution in [3.05, 3.63) is 35.9 Å². The first-order valence-electron chi connectivity index (χ1n) is 7.65. The molecular formula is C17H22N2O4. The molecule has 124 valence electrons. The topological polar surface area (TPSA) is 86.7 Å². The maximum absolute atomic E-state index is 12.5. The molecule has 0 bridgehead atoms. The Labute approximate surface area is 135 Å². The highest BCUT2D eigenvalue weighted by Gasteiger charge is 2.42. The number of rotatable bonds is 5. The van der Waals surface area contributed by atoms with Gasteiger partial charge < -0.3 is 15.3 Å². The number of nitrogens with one attached hydrogen (secondary N) is 1. The summed E-state index contributed by atoms with van der Waals surface area (Å²) in [4.78, 5) is 36.8. The lowest BCUT2D eigenvalue weighted by Crippen LogP contribution is -2.37. The van der Waals surface area contributed by atoms with Crippen LogP contribution in [0.25, 0.3) is 0 Å². The van der Waals surface area contributed by atoms with Crippen LogP contribution in [0.1, 0.15) is 38.3 Å². The summed E-state index contributed by atoms with van der Waals surface area (Å²) in [6.07, 6.45) is 0.573. The van der Waals surface area contributed by atoms with Gasteiger partial charge in [-0.25, -0.2) is 0 Å². The molecule has 0 spiro atoms. The monoisotopic (exact) mass is 318 g/mol. The maximum atomic E-state index is 12.5. The van der Waals surface area contributed by atoms with E-state index in [1.807, 2.05) is 30.3 Å². The quantitative estimate of drug-likeness (QED) is 0.863. The molecule has 1 aromatic carbocycles. The fourth-order valence-corrected chi connectivity index (χ4v) is 2.84. The summed E-state index contributed by atoms with van der Waals surface area (Å²) >= 11 is 0. The summed E-state index contributed by atoms with van der Waals surface area (Å²) in [5, 5.41) is 12.0. The van der Waals surface area contributed by atoms with Crippen LogP contribution in [0.2, 0.25) is 0 Å². The highest BCUT2D eigenvalue weighted by atomic mass is 16.4. The Morgan fingerprint density at radius 2 is 1.96 bits per heavy atom. The van der Waals surface area contributed by atoms with Gasteiger partial charge in [-0.1, -0.05) is 30.3 Å². The van der Waals surface area contributed by atoms with Crippen LogP contribution in [-0.2, 0) is 14.4 Å². The number of carbonyl (C=O) groups is 3. The van der Waals surface area contributed by atoms with Gasteiger partial charge in [0.15, 0.2) is 0 Å². The second-order valence-corrected chi connectivity index (χ2v) is 6.30. The third kappa shape index (κ3) is 4.09. The van der Waals surface area contributed by atoms with Crippen LogP contribution >= 0.6 is 0 Å².